The van der Waals surface area contributed by atoms with Gasteiger partial charge in [0.15, 0.2) is 5.78 Å². The summed E-state index contributed by atoms with van der Waals surface area (Å²) in [6.45, 7) is 13.9. The van der Waals surface area contributed by atoms with Gasteiger partial charge in [-0.25, -0.2) is 0 Å². The third-order valence-corrected chi connectivity index (χ3v) is 5.43. The van der Waals surface area contributed by atoms with Crippen LogP contribution in [0.3, 0.4) is 0 Å². The number of anilines is 1. The van der Waals surface area contributed by atoms with Crippen molar-refractivity contribution in [1.29, 1.82) is 0 Å². The molecule has 6 heteroatoms. The van der Waals surface area contributed by atoms with Crippen molar-refractivity contribution in [3.8, 4) is 0 Å². The van der Waals surface area contributed by atoms with Gasteiger partial charge in [0.05, 0.1) is 6.10 Å². The van der Waals surface area contributed by atoms with Gasteiger partial charge in [-0.2, -0.15) is 0 Å². The van der Waals surface area contributed by atoms with Gasteiger partial charge in [0, 0.05) is 49.9 Å². The van der Waals surface area contributed by atoms with Crippen molar-refractivity contribution < 1.29 is 14.3 Å². The van der Waals surface area contributed by atoms with E-state index in [9.17, 15) is 9.59 Å². The van der Waals surface area contributed by atoms with Crippen molar-refractivity contribution in [3.63, 3.8) is 0 Å². The zero-order valence-corrected chi connectivity index (χ0v) is 19.2. The maximum absolute atomic E-state index is 12.1. The number of carbonyl (C=O) groups is 2. The van der Waals surface area contributed by atoms with Crippen molar-refractivity contribution >= 4 is 17.4 Å². The number of ether oxygens (including phenoxy) is 1. The van der Waals surface area contributed by atoms with Gasteiger partial charge in [0.1, 0.15) is 6.61 Å². The summed E-state index contributed by atoms with van der Waals surface area (Å²) in [5, 5.41) is 2.91. The summed E-state index contributed by atoms with van der Waals surface area (Å²) < 4.78 is 5.29. The number of amides is 1. The first-order valence-electron chi connectivity index (χ1n) is 11.4. The van der Waals surface area contributed by atoms with E-state index in [2.05, 4.69) is 27.2 Å². The molecule has 168 valence electrons. The number of piperazine rings is 1. The van der Waals surface area contributed by atoms with Crippen LogP contribution in [0.4, 0.5) is 5.69 Å². The molecule has 0 saturated carbocycles. The summed E-state index contributed by atoms with van der Waals surface area (Å²) in [7, 11) is 0. The number of hydrogen-bond donors (Lipinski definition) is 1. The molecule has 2 rings (SSSR count). The lowest BCUT2D eigenvalue weighted by Crippen LogP contribution is -2.46. The Kier molecular flexibility index (Phi) is 10.3. The Hall–Kier alpha value is -1.92. The third-order valence-electron chi connectivity index (χ3n) is 5.43. The molecule has 1 aromatic carbocycles. The molecule has 0 bridgehead atoms. The Balaban J connectivity index is 1.58. The zero-order chi connectivity index (χ0) is 21.9. The topological polar surface area (TPSA) is 61.9 Å². The van der Waals surface area contributed by atoms with Gasteiger partial charge in [0.2, 0.25) is 5.91 Å². The summed E-state index contributed by atoms with van der Waals surface area (Å²) in [5.41, 5.74) is 2.00. The van der Waals surface area contributed by atoms with Crippen LogP contribution in [0.5, 0.6) is 0 Å². The summed E-state index contributed by atoms with van der Waals surface area (Å²) in [6.07, 6.45) is 3.38. The number of rotatable bonds is 12. The van der Waals surface area contributed by atoms with Gasteiger partial charge in [-0.05, 0) is 57.5 Å². The minimum Gasteiger partial charge on any atom is -0.369 e. The minimum absolute atomic E-state index is 0.0265. The van der Waals surface area contributed by atoms with Crippen LogP contribution in [0.15, 0.2) is 24.3 Å². The van der Waals surface area contributed by atoms with E-state index in [0.29, 0.717) is 0 Å². The number of Topliss-reactive ketones (excluding diaryl/α,β-unsaturated/α-hetero) is 1. The average molecular weight is 418 g/mol. The van der Waals surface area contributed by atoms with Gasteiger partial charge in [-0.3, -0.25) is 14.5 Å². The molecule has 0 aliphatic carbocycles. The second-order valence-electron chi connectivity index (χ2n) is 8.66. The van der Waals surface area contributed by atoms with Gasteiger partial charge >= 0.3 is 0 Å². The predicted molar refractivity (Wildman–Crippen MR) is 122 cm³/mol. The summed E-state index contributed by atoms with van der Waals surface area (Å²) in [5.74, 6) is 0.214. The van der Waals surface area contributed by atoms with Gasteiger partial charge in [-0.15, -0.1) is 0 Å². The Morgan fingerprint density at radius 3 is 2.23 bits per heavy atom. The molecule has 0 radical (unpaired) electrons. The molecule has 0 spiro atoms. The molecule has 30 heavy (non-hydrogen) atoms. The molecule has 0 atom stereocenters. The van der Waals surface area contributed by atoms with Crippen LogP contribution < -0.4 is 10.2 Å². The van der Waals surface area contributed by atoms with Crippen LogP contribution in [-0.4, -0.2) is 68.6 Å². The highest BCUT2D eigenvalue weighted by atomic mass is 16.5. The molecule has 1 aliphatic heterocycles. The average Bonchev–Trinajstić information content (AvgIpc) is 2.74. The van der Waals surface area contributed by atoms with E-state index in [0.717, 1.165) is 64.1 Å². The van der Waals surface area contributed by atoms with Crippen molar-refractivity contribution in [2.45, 2.75) is 53.1 Å². The molecule has 6 nitrogen and oxygen atoms in total. The van der Waals surface area contributed by atoms with E-state index in [4.69, 9.17) is 4.74 Å². The van der Waals surface area contributed by atoms with Crippen LogP contribution in [0.2, 0.25) is 0 Å². The first-order chi connectivity index (χ1) is 14.4. The van der Waals surface area contributed by atoms with E-state index in [1.165, 1.54) is 5.69 Å². The Morgan fingerprint density at radius 1 is 0.967 bits per heavy atom. The van der Waals surface area contributed by atoms with Gasteiger partial charge < -0.3 is 15.0 Å². The van der Waals surface area contributed by atoms with Gasteiger partial charge in [-0.1, -0.05) is 20.3 Å². The van der Waals surface area contributed by atoms with Crippen LogP contribution in [0.25, 0.3) is 0 Å². The van der Waals surface area contributed by atoms with Crippen LogP contribution in [0, 0.1) is 5.92 Å². The Morgan fingerprint density at radius 2 is 1.63 bits per heavy atom. The van der Waals surface area contributed by atoms with Gasteiger partial charge in [0.25, 0.3) is 0 Å². The molecule has 1 N–H and O–H groups in total. The molecule has 0 unspecified atom stereocenters. The number of carbonyl (C=O) groups excluding carboxylic acids is 2. The zero-order valence-electron chi connectivity index (χ0n) is 19.2. The molecule has 1 aliphatic rings. The maximum atomic E-state index is 12.1. The SMILES string of the molecule is CC(C)OCC(=O)NCCCCCN1CCN(c2ccc(C(=O)C(C)C)cc2)CC1. The highest BCUT2D eigenvalue weighted by molar-refractivity contribution is 5.97. The lowest BCUT2D eigenvalue weighted by molar-refractivity contribution is -0.127. The summed E-state index contributed by atoms with van der Waals surface area (Å²) in [4.78, 5) is 28.6. The first kappa shape index (κ1) is 24.4. The largest absolute Gasteiger partial charge is 0.369 e. The fourth-order valence-electron chi connectivity index (χ4n) is 3.56. The molecule has 1 heterocycles. The number of hydrogen-bond acceptors (Lipinski definition) is 5. The monoisotopic (exact) mass is 417 g/mol. The van der Waals surface area contributed by atoms with Crippen LogP contribution in [0.1, 0.15) is 57.3 Å². The quantitative estimate of drug-likeness (QED) is 0.417. The molecule has 1 saturated heterocycles. The van der Waals surface area contributed by atoms with Crippen LogP contribution >= 0.6 is 0 Å². The number of nitrogens with zero attached hydrogens (tertiary/aromatic N) is 2. The highest BCUT2D eigenvalue weighted by Crippen LogP contribution is 2.19. The number of nitrogens with one attached hydrogen (secondary N) is 1. The predicted octanol–water partition coefficient (Wildman–Crippen LogP) is 3.36. The number of benzene rings is 1. The second kappa shape index (κ2) is 12.7. The Bertz CT molecular complexity index is 650. The van der Waals surface area contributed by atoms with Crippen molar-refractivity contribution in [1.82, 2.24) is 10.2 Å². The maximum Gasteiger partial charge on any atom is 0.246 e. The molecular formula is C24H39N3O3. The van der Waals surface area contributed by atoms with E-state index >= 15 is 0 Å². The standard InChI is InChI=1S/C24H39N3O3/c1-19(2)24(29)21-8-10-22(11-9-21)27-16-14-26(15-17-27)13-7-5-6-12-25-23(28)18-30-20(3)4/h8-11,19-20H,5-7,12-18H2,1-4H3,(H,25,28). The molecule has 1 fully saturated rings. The summed E-state index contributed by atoms with van der Waals surface area (Å²) >= 11 is 0. The van der Waals surface area contributed by atoms with Crippen molar-refractivity contribution in [3.05, 3.63) is 29.8 Å². The lowest BCUT2D eigenvalue weighted by Gasteiger charge is -2.36. The number of ketones is 1. The summed E-state index contributed by atoms with van der Waals surface area (Å²) in [6, 6.07) is 8.06. The lowest BCUT2D eigenvalue weighted by atomic mass is 10.0. The smallest absolute Gasteiger partial charge is 0.246 e. The minimum atomic E-state index is -0.0265. The van der Waals surface area contributed by atoms with E-state index in [1.54, 1.807) is 0 Å². The molecule has 0 aromatic heterocycles. The fourth-order valence-corrected chi connectivity index (χ4v) is 3.56. The van der Waals surface area contributed by atoms with E-state index in [1.807, 2.05) is 39.8 Å². The van der Waals surface area contributed by atoms with Crippen LogP contribution in [-0.2, 0) is 9.53 Å². The van der Waals surface area contributed by atoms with Crippen molar-refractivity contribution in [2.24, 2.45) is 5.92 Å². The molecule has 1 amide bonds. The normalized spacial score (nSPS) is 15.1. The fraction of sp³-hybridized carbons (Fsp3) is 0.667. The van der Waals surface area contributed by atoms with E-state index in [-0.39, 0.29) is 30.3 Å². The second-order valence-corrected chi connectivity index (χ2v) is 8.66. The third kappa shape index (κ3) is 8.44. The first-order valence-corrected chi connectivity index (χ1v) is 11.4. The molecular weight excluding hydrogens is 378 g/mol. The highest BCUT2D eigenvalue weighted by Gasteiger charge is 2.17. The molecule has 1 aromatic rings. The number of unbranched alkanes of at least 4 members (excludes halogenated alkanes) is 2. The van der Waals surface area contributed by atoms with E-state index < -0.39 is 0 Å². The Labute approximate surface area is 182 Å². The van der Waals surface area contributed by atoms with Crippen molar-refractivity contribution in [2.75, 3.05) is 50.8 Å².